The molecule has 1 saturated heterocycles. The first-order valence-electron chi connectivity index (χ1n) is 10.1. The summed E-state index contributed by atoms with van der Waals surface area (Å²) in [5.41, 5.74) is 1.87. The molecule has 1 aromatic rings. The molecule has 1 heterocycles. The molecule has 6 heteroatoms. The number of guanidine groups is 1. The van der Waals surface area contributed by atoms with Crippen molar-refractivity contribution in [1.82, 2.24) is 15.5 Å². The van der Waals surface area contributed by atoms with E-state index in [1.165, 1.54) is 25.7 Å². The molecular weight excluding hydrogens is 451 g/mol. The predicted octanol–water partition coefficient (Wildman–Crippen LogP) is 3.29. The van der Waals surface area contributed by atoms with E-state index in [1.807, 2.05) is 18.2 Å². The molecule has 0 radical (unpaired) electrons. The summed E-state index contributed by atoms with van der Waals surface area (Å²) in [7, 11) is 1.66. The molecule has 27 heavy (non-hydrogen) atoms. The summed E-state index contributed by atoms with van der Waals surface area (Å²) >= 11 is 0. The van der Waals surface area contributed by atoms with Crippen molar-refractivity contribution in [3.05, 3.63) is 35.4 Å². The molecule has 1 saturated carbocycles. The van der Waals surface area contributed by atoms with Gasteiger partial charge < -0.3 is 15.5 Å². The van der Waals surface area contributed by atoms with Crippen molar-refractivity contribution in [2.24, 2.45) is 16.8 Å². The summed E-state index contributed by atoms with van der Waals surface area (Å²) in [5.74, 6) is 2.74. The molecule has 1 aliphatic heterocycles. The first kappa shape index (κ1) is 22.0. The minimum absolute atomic E-state index is 0. The van der Waals surface area contributed by atoms with Gasteiger partial charge in [-0.15, -0.1) is 24.0 Å². The monoisotopic (exact) mass is 484 g/mol. The van der Waals surface area contributed by atoms with Gasteiger partial charge in [0.15, 0.2) is 5.96 Å². The zero-order chi connectivity index (χ0) is 18.4. The molecule has 2 fully saturated rings. The highest BCUT2D eigenvalue weighted by atomic mass is 127. The number of amides is 1. The number of carbonyl (C=O) groups is 1. The van der Waals surface area contributed by atoms with E-state index in [2.05, 4.69) is 28.5 Å². The van der Waals surface area contributed by atoms with Gasteiger partial charge in [-0.3, -0.25) is 9.79 Å². The van der Waals surface area contributed by atoms with Crippen molar-refractivity contribution in [1.29, 1.82) is 0 Å². The van der Waals surface area contributed by atoms with Crippen molar-refractivity contribution in [2.45, 2.75) is 39.0 Å². The van der Waals surface area contributed by atoms with Crippen LogP contribution in [0.1, 0.15) is 48.5 Å². The lowest BCUT2D eigenvalue weighted by Gasteiger charge is -2.22. The van der Waals surface area contributed by atoms with E-state index in [4.69, 9.17) is 4.99 Å². The van der Waals surface area contributed by atoms with Crippen LogP contribution in [0.4, 0.5) is 0 Å². The lowest BCUT2D eigenvalue weighted by atomic mass is 9.82. The average molecular weight is 484 g/mol. The second-order valence-electron chi connectivity index (χ2n) is 7.47. The Morgan fingerprint density at radius 2 is 1.93 bits per heavy atom. The number of aliphatic imine (C=N–C) groups is 1. The van der Waals surface area contributed by atoms with Crippen LogP contribution >= 0.6 is 24.0 Å². The Labute approximate surface area is 180 Å². The summed E-state index contributed by atoms with van der Waals surface area (Å²) in [4.78, 5) is 19.1. The van der Waals surface area contributed by atoms with E-state index in [9.17, 15) is 4.79 Å². The van der Waals surface area contributed by atoms with Crippen LogP contribution < -0.4 is 10.6 Å². The summed E-state index contributed by atoms with van der Waals surface area (Å²) in [6.45, 7) is 6.08. The molecule has 1 aromatic carbocycles. The Hall–Kier alpha value is -1.31. The van der Waals surface area contributed by atoms with E-state index in [0.29, 0.717) is 5.56 Å². The van der Waals surface area contributed by atoms with Gasteiger partial charge in [0, 0.05) is 38.8 Å². The van der Waals surface area contributed by atoms with E-state index in [-0.39, 0.29) is 29.9 Å². The maximum Gasteiger partial charge on any atom is 0.251 e. The highest BCUT2D eigenvalue weighted by Crippen LogP contribution is 2.35. The Balaban J connectivity index is 0.00000261. The fraction of sp³-hybridized carbons (Fsp3) is 0.619. The molecule has 0 spiro atoms. The molecular formula is C21H33IN4O. The van der Waals surface area contributed by atoms with Gasteiger partial charge in [-0.25, -0.2) is 0 Å². The molecule has 0 bridgehead atoms. The fourth-order valence-corrected chi connectivity index (χ4v) is 4.31. The number of rotatable bonds is 5. The van der Waals surface area contributed by atoms with Gasteiger partial charge in [-0.1, -0.05) is 25.0 Å². The van der Waals surface area contributed by atoms with Gasteiger partial charge in [0.2, 0.25) is 0 Å². The van der Waals surface area contributed by atoms with Crippen molar-refractivity contribution in [2.75, 3.05) is 33.2 Å². The lowest BCUT2D eigenvalue weighted by molar-refractivity contribution is 0.0963. The van der Waals surface area contributed by atoms with Gasteiger partial charge in [0.25, 0.3) is 5.91 Å². The van der Waals surface area contributed by atoms with E-state index in [1.54, 1.807) is 7.05 Å². The van der Waals surface area contributed by atoms with E-state index in [0.717, 1.165) is 56.0 Å². The largest absolute Gasteiger partial charge is 0.357 e. The normalized spacial score (nSPS) is 22.0. The smallest absolute Gasteiger partial charge is 0.251 e. The molecule has 2 N–H and O–H groups in total. The number of halogens is 1. The SMILES string of the molecule is CCNC(=NCCc1cccc(C(=O)NC)c1)N1CC2CCCCC2C1.I. The lowest BCUT2D eigenvalue weighted by Crippen LogP contribution is -2.40. The van der Waals surface area contributed by atoms with Crippen molar-refractivity contribution in [3.8, 4) is 0 Å². The second-order valence-corrected chi connectivity index (χ2v) is 7.47. The van der Waals surface area contributed by atoms with Crippen LogP contribution in [-0.4, -0.2) is 50.0 Å². The maximum absolute atomic E-state index is 11.8. The fourth-order valence-electron chi connectivity index (χ4n) is 4.31. The Kier molecular flexibility index (Phi) is 8.86. The number of hydrogen-bond donors (Lipinski definition) is 2. The predicted molar refractivity (Wildman–Crippen MR) is 122 cm³/mol. The van der Waals surface area contributed by atoms with Gasteiger partial charge in [-0.05, 0) is 55.7 Å². The molecule has 5 nitrogen and oxygen atoms in total. The summed E-state index contributed by atoms with van der Waals surface area (Å²) in [6.07, 6.45) is 6.40. The van der Waals surface area contributed by atoms with Crippen LogP contribution in [0.25, 0.3) is 0 Å². The minimum atomic E-state index is -0.0386. The Morgan fingerprint density at radius 3 is 2.56 bits per heavy atom. The number of likely N-dealkylation sites (tertiary alicyclic amines) is 1. The maximum atomic E-state index is 11.8. The van der Waals surface area contributed by atoms with Crippen LogP contribution in [0.15, 0.2) is 29.3 Å². The number of nitrogens with one attached hydrogen (secondary N) is 2. The second kappa shape index (κ2) is 10.9. The van der Waals surface area contributed by atoms with Crippen LogP contribution in [0.2, 0.25) is 0 Å². The summed E-state index contributed by atoms with van der Waals surface area (Å²) in [6, 6.07) is 7.83. The number of nitrogens with zero attached hydrogens (tertiary/aromatic N) is 2. The zero-order valence-corrected chi connectivity index (χ0v) is 18.9. The Bertz CT molecular complexity index is 635. The minimum Gasteiger partial charge on any atom is -0.357 e. The van der Waals surface area contributed by atoms with E-state index < -0.39 is 0 Å². The molecule has 1 amide bonds. The van der Waals surface area contributed by atoms with Crippen molar-refractivity contribution < 1.29 is 4.79 Å². The number of benzene rings is 1. The van der Waals surface area contributed by atoms with Crippen LogP contribution in [0.5, 0.6) is 0 Å². The van der Waals surface area contributed by atoms with Crippen LogP contribution in [0, 0.1) is 11.8 Å². The highest BCUT2D eigenvalue weighted by Gasteiger charge is 2.35. The average Bonchev–Trinajstić information content (AvgIpc) is 3.11. The molecule has 0 aromatic heterocycles. The van der Waals surface area contributed by atoms with Gasteiger partial charge >= 0.3 is 0 Å². The Morgan fingerprint density at radius 1 is 1.22 bits per heavy atom. The standard InChI is InChI=1S/C21H32N4O.HI/c1-3-23-21(25-14-18-8-4-5-9-19(18)15-25)24-12-11-16-7-6-10-17(13-16)20(26)22-2;/h6-7,10,13,18-19H,3-5,8-9,11-12,14-15H2,1-2H3,(H,22,26)(H,23,24);1H. The third-order valence-electron chi connectivity index (χ3n) is 5.69. The van der Waals surface area contributed by atoms with Crippen molar-refractivity contribution >= 4 is 35.8 Å². The summed E-state index contributed by atoms with van der Waals surface area (Å²) < 4.78 is 0. The third-order valence-corrected chi connectivity index (χ3v) is 5.69. The molecule has 1 aliphatic carbocycles. The molecule has 2 unspecified atom stereocenters. The van der Waals surface area contributed by atoms with Gasteiger partial charge in [-0.2, -0.15) is 0 Å². The van der Waals surface area contributed by atoms with E-state index >= 15 is 0 Å². The van der Waals surface area contributed by atoms with Crippen molar-refractivity contribution in [3.63, 3.8) is 0 Å². The molecule has 2 aliphatic rings. The van der Waals surface area contributed by atoms with Gasteiger partial charge in [0.05, 0.1) is 0 Å². The molecule has 150 valence electrons. The van der Waals surface area contributed by atoms with Crippen LogP contribution in [-0.2, 0) is 6.42 Å². The summed E-state index contributed by atoms with van der Waals surface area (Å²) in [5, 5.41) is 6.15. The number of carbonyl (C=O) groups excluding carboxylic acids is 1. The molecule has 2 atom stereocenters. The topological polar surface area (TPSA) is 56.7 Å². The number of fused-ring (bicyclic) bond motifs is 1. The van der Waals surface area contributed by atoms with Crippen LogP contribution in [0.3, 0.4) is 0 Å². The highest BCUT2D eigenvalue weighted by molar-refractivity contribution is 14.0. The number of hydrogen-bond acceptors (Lipinski definition) is 2. The third kappa shape index (κ3) is 5.83. The quantitative estimate of drug-likeness (QED) is 0.383. The first-order chi connectivity index (χ1) is 12.7. The van der Waals surface area contributed by atoms with Gasteiger partial charge in [0.1, 0.15) is 0 Å². The molecule has 3 rings (SSSR count). The first-order valence-corrected chi connectivity index (χ1v) is 10.1. The zero-order valence-electron chi connectivity index (χ0n) is 16.5.